The molecule has 0 atom stereocenters. The molecule has 1 saturated heterocycles. The molecule has 94 valence electrons. The van der Waals surface area contributed by atoms with Crippen molar-refractivity contribution in [2.24, 2.45) is 0 Å². The first-order valence-electron chi connectivity index (χ1n) is 6.27. The molecule has 0 radical (unpaired) electrons. The van der Waals surface area contributed by atoms with Crippen LogP contribution in [-0.2, 0) is 0 Å². The lowest BCUT2D eigenvalue weighted by Gasteiger charge is -2.23. The van der Waals surface area contributed by atoms with Crippen molar-refractivity contribution in [1.82, 2.24) is 20.0 Å². The van der Waals surface area contributed by atoms with Crippen molar-refractivity contribution in [3.63, 3.8) is 0 Å². The molecule has 18 heavy (non-hydrogen) atoms. The van der Waals surface area contributed by atoms with Crippen molar-refractivity contribution in [3.8, 4) is 0 Å². The molecular weight excluding hydrogens is 228 g/mol. The van der Waals surface area contributed by atoms with Gasteiger partial charge in [-0.3, -0.25) is 4.79 Å². The highest BCUT2D eigenvalue weighted by atomic mass is 16.1. The molecule has 0 saturated carbocycles. The molecule has 5 heteroatoms. The van der Waals surface area contributed by atoms with Gasteiger partial charge in [0.15, 0.2) is 0 Å². The lowest BCUT2D eigenvalue weighted by molar-refractivity contribution is 0.0929. The van der Waals surface area contributed by atoms with Gasteiger partial charge >= 0.3 is 0 Å². The van der Waals surface area contributed by atoms with Crippen LogP contribution in [0.25, 0.3) is 5.65 Å². The third kappa shape index (κ3) is 2.22. The number of hydrogen-bond donors (Lipinski definition) is 2. The number of imidazole rings is 1. The molecule has 1 fully saturated rings. The summed E-state index contributed by atoms with van der Waals surface area (Å²) >= 11 is 0. The molecule has 0 unspecified atom stereocenters. The van der Waals surface area contributed by atoms with E-state index in [-0.39, 0.29) is 11.9 Å². The minimum Gasteiger partial charge on any atom is -0.349 e. The zero-order valence-electron chi connectivity index (χ0n) is 10.1. The van der Waals surface area contributed by atoms with E-state index < -0.39 is 0 Å². The van der Waals surface area contributed by atoms with Crippen LogP contribution in [0.2, 0.25) is 0 Å². The number of piperidine rings is 1. The Labute approximate surface area is 105 Å². The van der Waals surface area contributed by atoms with E-state index in [1.165, 1.54) is 0 Å². The molecule has 3 heterocycles. The first kappa shape index (κ1) is 11.2. The van der Waals surface area contributed by atoms with Gasteiger partial charge in [-0.05, 0) is 38.1 Å². The fourth-order valence-corrected chi connectivity index (χ4v) is 2.29. The number of nitrogens with one attached hydrogen (secondary N) is 2. The predicted octanol–water partition coefficient (Wildman–Crippen LogP) is 0.816. The van der Waals surface area contributed by atoms with Crippen molar-refractivity contribution in [2.75, 3.05) is 13.1 Å². The summed E-state index contributed by atoms with van der Waals surface area (Å²) in [6.45, 7) is 1.96. The first-order chi connectivity index (χ1) is 8.83. The summed E-state index contributed by atoms with van der Waals surface area (Å²) in [4.78, 5) is 16.3. The summed E-state index contributed by atoms with van der Waals surface area (Å²) in [5, 5.41) is 6.36. The van der Waals surface area contributed by atoms with Gasteiger partial charge in [0.1, 0.15) is 5.65 Å². The molecule has 2 N–H and O–H groups in total. The Kier molecular flexibility index (Phi) is 2.98. The molecule has 0 aliphatic carbocycles. The van der Waals surface area contributed by atoms with E-state index in [1.54, 1.807) is 6.20 Å². The number of aromatic nitrogens is 2. The van der Waals surface area contributed by atoms with Crippen molar-refractivity contribution in [3.05, 3.63) is 36.3 Å². The van der Waals surface area contributed by atoms with Crippen LogP contribution in [0, 0.1) is 0 Å². The normalized spacial score (nSPS) is 16.9. The van der Waals surface area contributed by atoms with Crippen LogP contribution in [0.5, 0.6) is 0 Å². The van der Waals surface area contributed by atoms with E-state index in [9.17, 15) is 4.79 Å². The molecule has 1 amide bonds. The quantitative estimate of drug-likeness (QED) is 0.822. The van der Waals surface area contributed by atoms with Crippen molar-refractivity contribution in [2.45, 2.75) is 18.9 Å². The summed E-state index contributed by atoms with van der Waals surface area (Å²) in [5.41, 5.74) is 1.53. The Balaban J connectivity index is 1.74. The van der Waals surface area contributed by atoms with Gasteiger partial charge in [0.05, 0.1) is 5.56 Å². The minimum absolute atomic E-state index is 0.00231. The van der Waals surface area contributed by atoms with Crippen molar-refractivity contribution in [1.29, 1.82) is 0 Å². The fraction of sp³-hybridized carbons (Fsp3) is 0.385. The van der Waals surface area contributed by atoms with E-state index in [4.69, 9.17) is 0 Å². The summed E-state index contributed by atoms with van der Waals surface area (Å²) < 4.78 is 1.86. The molecule has 0 bridgehead atoms. The van der Waals surface area contributed by atoms with Crippen LogP contribution in [0.1, 0.15) is 23.2 Å². The third-order valence-electron chi connectivity index (χ3n) is 3.33. The molecule has 5 nitrogen and oxygen atoms in total. The number of amides is 1. The van der Waals surface area contributed by atoms with E-state index in [0.29, 0.717) is 5.56 Å². The van der Waals surface area contributed by atoms with E-state index in [1.807, 2.05) is 28.9 Å². The van der Waals surface area contributed by atoms with Crippen molar-refractivity contribution >= 4 is 11.6 Å². The van der Waals surface area contributed by atoms with Gasteiger partial charge in [0, 0.05) is 24.6 Å². The Morgan fingerprint density at radius 3 is 3.06 bits per heavy atom. The van der Waals surface area contributed by atoms with Crippen molar-refractivity contribution < 1.29 is 4.79 Å². The second kappa shape index (κ2) is 4.78. The zero-order valence-corrected chi connectivity index (χ0v) is 10.1. The smallest absolute Gasteiger partial charge is 0.252 e. The molecule has 2 aromatic heterocycles. The summed E-state index contributed by atoms with van der Waals surface area (Å²) in [6, 6.07) is 3.97. The van der Waals surface area contributed by atoms with Gasteiger partial charge < -0.3 is 15.0 Å². The third-order valence-corrected chi connectivity index (χ3v) is 3.33. The molecule has 1 aliphatic heterocycles. The van der Waals surface area contributed by atoms with Crippen LogP contribution < -0.4 is 10.6 Å². The van der Waals surface area contributed by atoms with Gasteiger partial charge in [-0.1, -0.05) is 0 Å². The van der Waals surface area contributed by atoms with Gasteiger partial charge in [0.2, 0.25) is 0 Å². The molecule has 1 aliphatic rings. The van der Waals surface area contributed by atoms with E-state index >= 15 is 0 Å². The Morgan fingerprint density at radius 1 is 1.39 bits per heavy atom. The van der Waals surface area contributed by atoms with Crippen LogP contribution in [-0.4, -0.2) is 34.4 Å². The van der Waals surface area contributed by atoms with E-state index in [0.717, 1.165) is 31.6 Å². The van der Waals surface area contributed by atoms with E-state index in [2.05, 4.69) is 15.6 Å². The molecule has 0 spiro atoms. The number of carbonyl (C=O) groups is 1. The average Bonchev–Trinajstić information content (AvgIpc) is 2.87. The zero-order chi connectivity index (χ0) is 12.4. The predicted molar refractivity (Wildman–Crippen MR) is 68.5 cm³/mol. The second-order valence-corrected chi connectivity index (χ2v) is 4.61. The number of carbonyl (C=O) groups excluding carboxylic acids is 1. The maximum atomic E-state index is 12.1. The number of fused-ring (bicyclic) bond motifs is 1. The van der Waals surface area contributed by atoms with Gasteiger partial charge in [-0.2, -0.15) is 0 Å². The number of rotatable bonds is 2. The number of hydrogen-bond acceptors (Lipinski definition) is 3. The van der Waals surface area contributed by atoms with Crippen LogP contribution in [0.3, 0.4) is 0 Å². The highest BCUT2D eigenvalue weighted by molar-refractivity contribution is 5.94. The van der Waals surface area contributed by atoms with Gasteiger partial charge in [-0.15, -0.1) is 0 Å². The fourth-order valence-electron chi connectivity index (χ4n) is 2.29. The lowest BCUT2D eigenvalue weighted by atomic mass is 10.1. The first-order valence-corrected chi connectivity index (χ1v) is 6.27. The van der Waals surface area contributed by atoms with Gasteiger partial charge in [0.25, 0.3) is 5.91 Å². The average molecular weight is 244 g/mol. The minimum atomic E-state index is -0.00231. The van der Waals surface area contributed by atoms with Crippen LogP contribution in [0.15, 0.2) is 30.7 Å². The Hall–Kier alpha value is -1.88. The number of pyridine rings is 1. The maximum absolute atomic E-state index is 12.1. The number of nitrogens with zero attached hydrogens (tertiary/aromatic N) is 2. The maximum Gasteiger partial charge on any atom is 0.252 e. The lowest BCUT2D eigenvalue weighted by Crippen LogP contribution is -2.42. The Morgan fingerprint density at radius 2 is 2.22 bits per heavy atom. The summed E-state index contributed by atoms with van der Waals surface area (Å²) in [5.74, 6) is -0.00231. The topological polar surface area (TPSA) is 58.4 Å². The SMILES string of the molecule is O=C(NC1CCNCC1)c1ccc2nccn2c1. The summed E-state index contributed by atoms with van der Waals surface area (Å²) in [6.07, 6.45) is 7.39. The molecular formula is C13H16N4O. The standard InChI is InChI=1S/C13H16N4O/c18-13(16-11-3-5-14-6-4-11)10-1-2-12-15-7-8-17(12)9-10/h1-2,7-9,11,14H,3-6H2,(H,16,18). The largest absolute Gasteiger partial charge is 0.349 e. The second-order valence-electron chi connectivity index (χ2n) is 4.61. The highest BCUT2D eigenvalue weighted by Gasteiger charge is 2.16. The highest BCUT2D eigenvalue weighted by Crippen LogP contribution is 2.07. The summed E-state index contributed by atoms with van der Waals surface area (Å²) in [7, 11) is 0. The molecule has 3 rings (SSSR count). The Bertz CT molecular complexity index is 557. The monoisotopic (exact) mass is 244 g/mol. The molecule has 2 aromatic rings. The van der Waals surface area contributed by atoms with Crippen LogP contribution >= 0.6 is 0 Å². The van der Waals surface area contributed by atoms with Crippen LogP contribution in [0.4, 0.5) is 0 Å². The van der Waals surface area contributed by atoms with Gasteiger partial charge in [-0.25, -0.2) is 4.98 Å². The molecule has 0 aromatic carbocycles.